The van der Waals surface area contributed by atoms with Gasteiger partial charge in [0.25, 0.3) is 5.91 Å². The molecule has 1 aromatic carbocycles. The smallest absolute Gasteiger partial charge is 0.394 e. The average molecular weight is 345 g/mol. The number of rotatable bonds is 4. The number of carbonyl (C=O) groups excluding carboxylic acids is 1. The van der Waals surface area contributed by atoms with E-state index in [1.807, 2.05) is 0 Å². The number of alkyl halides is 3. The van der Waals surface area contributed by atoms with E-state index >= 15 is 0 Å². The maximum atomic E-state index is 13.0. The van der Waals surface area contributed by atoms with Crippen molar-refractivity contribution in [3.8, 4) is 5.75 Å². The van der Waals surface area contributed by atoms with Crippen molar-refractivity contribution in [2.75, 3.05) is 13.1 Å². The van der Waals surface area contributed by atoms with E-state index in [0.717, 1.165) is 4.90 Å². The van der Waals surface area contributed by atoms with Crippen LogP contribution in [0.4, 0.5) is 13.2 Å². The van der Waals surface area contributed by atoms with E-state index < -0.39 is 43.0 Å². The molecular weight excluding hydrogens is 327 g/mol. The van der Waals surface area contributed by atoms with E-state index in [9.17, 15) is 22.8 Å². The van der Waals surface area contributed by atoms with Gasteiger partial charge in [0, 0.05) is 13.1 Å². The van der Waals surface area contributed by atoms with Crippen LogP contribution in [-0.4, -0.2) is 47.3 Å². The summed E-state index contributed by atoms with van der Waals surface area (Å²) in [6.45, 7) is 2.37. The fourth-order valence-corrected chi connectivity index (χ4v) is 2.72. The molecule has 1 aliphatic rings. The van der Waals surface area contributed by atoms with Crippen LogP contribution in [0.5, 0.6) is 5.75 Å². The number of hydrogen-bond acceptors (Lipinski definition) is 3. The van der Waals surface area contributed by atoms with Gasteiger partial charge in [-0.25, -0.2) is 0 Å². The second-order valence-corrected chi connectivity index (χ2v) is 5.97. The summed E-state index contributed by atoms with van der Waals surface area (Å²) in [5.74, 6) is -5.69. The average Bonchev–Trinajstić information content (AvgIpc) is 2.92. The Morgan fingerprint density at radius 1 is 1.25 bits per heavy atom. The first kappa shape index (κ1) is 18.1. The van der Waals surface area contributed by atoms with Gasteiger partial charge in [-0.15, -0.1) is 0 Å². The number of aliphatic carboxylic acids is 1. The zero-order valence-electron chi connectivity index (χ0n) is 13.2. The van der Waals surface area contributed by atoms with Gasteiger partial charge in [-0.3, -0.25) is 9.59 Å². The molecule has 0 bridgehead atoms. The van der Waals surface area contributed by atoms with Crippen LogP contribution in [0.2, 0.25) is 0 Å². The Hall–Kier alpha value is -2.25. The maximum Gasteiger partial charge on any atom is 0.394 e. The van der Waals surface area contributed by atoms with Crippen molar-refractivity contribution in [1.29, 1.82) is 0 Å². The number of halogens is 3. The van der Waals surface area contributed by atoms with E-state index in [0.29, 0.717) is 0 Å². The molecule has 0 spiro atoms. The van der Waals surface area contributed by atoms with E-state index in [1.54, 1.807) is 32.0 Å². The number of nitrogens with zero attached hydrogens (tertiary/aromatic N) is 1. The van der Waals surface area contributed by atoms with Crippen LogP contribution in [0.1, 0.15) is 24.2 Å². The molecule has 0 aliphatic carbocycles. The first-order valence-electron chi connectivity index (χ1n) is 7.45. The van der Waals surface area contributed by atoms with Crippen molar-refractivity contribution in [3.05, 3.63) is 29.8 Å². The molecule has 1 aromatic rings. The largest absolute Gasteiger partial charge is 0.490 e. The second kappa shape index (κ2) is 6.70. The molecule has 1 N–H and O–H groups in total. The fourth-order valence-electron chi connectivity index (χ4n) is 2.72. The number of para-hydroxylation sites is 1. The van der Waals surface area contributed by atoms with Gasteiger partial charge in [0.05, 0.1) is 23.5 Å². The Bertz CT molecular complexity index is 630. The predicted molar refractivity (Wildman–Crippen MR) is 78.8 cm³/mol. The Labute approximate surface area is 137 Å². The molecule has 1 amide bonds. The number of likely N-dealkylation sites (tertiary alicyclic amines) is 1. The predicted octanol–water partition coefficient (Wildman–Crippen LogP) is 2.81. The number of hydrogen-bond donors (Lipinski definition) is 1. The topological polar surface area (TPSA) is 66.8 Å². The summed E-state index contributed by atoms with van der Waals surface area (Å²) in [5, 5.41) is 9.03. The highest BCUT2D eigenvalue weighted by Crippen LogP contribution is 2.38. The van der Waals surface area contributed by atoms with Crippen molar-refractivity contribution >= 4 is 11.9 Å². The highest BCUT2D eigenvalue weighted by molar-refractivity contribution is 5.97. The van der Waals surface area contributed by atoms with Gasteiger partial charge in [-0.2, -0.15) is 13.2 Å². The van der Waals surface area contributed by atoms with Crippen LogP contribution in [0.3, 0.4) is 0 Å². The SMILES string of the molecule is CC(C)Oc1ccccc1C(=O)N1C[C@@H](C(F)(F)F)[C@H](C(=O)O)C1. The van der Waals surface area contributed by atoms with Crippen LogP contribution in [-0.2, 0) is 4.79 Å². The van der Waals surface area contributed by atoms with Gasteiger partial charge in [0.15, 0.2) is 0 Å². The number of benzene rings is 1. The first-order valence-corrected chi connectivity index (χ1v) is 7.45. The van der Waals surface area contributed by atoms with Crippen molar-refractivity contribution in [3.63, 3.8) is 0 Å². The molecule has 0 unspecified atom stereocenters. The van der Waals surface area contributed by atoms with Crippen molar-refractivity contribution < 1.29 is 32.6 Å². The zero-order valence-corrected chi connectivity index (χ0v) is 13.2. The van der Waals surface area contributed by atoms with Crippen molar-refractivity contribution in [2.24, 2.45) is 11.8 Å². The van der Waals surface area contributed by atoms with Gasteiger partial charge < -0.3 is 14.7 Å². The lowest BCUT2D eigenvalue weighted by Crippen LogP contribution is -2.34. The fraction of sp³-hybridized carbons (Fsp3) is 0.500. The lowest BCUT2D eigenvalue weighted by molar-refractivity contribution is -0.187. The Kier molecular flexibility index (Phi) is 5.05. The van der Waals surface area contributed by atoms with Crippen LogP contribution in [0.15, 0.2) is 24.3 Å². The lowest BCUT2D eigenvalue weighted by Gasteiger charge is -2.20. The number of carboxylic acids is 1. The van der Waals surface area contributed by atoms with Crippen LogP contribution in [0, 0.1) is 11.8 Å². The third-order valence-corrected chi connectivity index (χ3v) is 3.82. The molecule has 1 fully saturated rings. The highest BCUT2D eigenvalue weighted by Gasteiger charge is 2.53. The number of ether oxygens (including phenoxy) is 1. The van der Waals surface area contributed by atoms with Gasteiger partial charge in [-0.05, 0) is 26.0 Å². The van der Waals surface area contributed by atoms with Crippen LogP contribution >= 0.6 is 0 Å². The minimum atomic E-state index is -4.67. The summed E-state index contributed by atoms with van der Waals surface area (Å²) < 4.78 is 44.6. The van der Waals surface area contributed by atoms with Gasteiger partial charge in [0.1, 0.15) is 5.75 Å². The third-order valence-electron chi connectivity index (χ3n) is 3.82. The van der Waals surface area contributed by atoms with Gasteiger partial charge in [0.2, 0.25) is 0 Å². The van der Waals surface area contributed by atoms with E-state index in [2.05, 4.69) is 0 Å². The molecule has 132 valence electrons. The Morgan fingerprint density at radius 2 is 1.88 bits per heavy atom. The number of carboxylic acid groups (broad SMARTS) is 1. The Balaban J connectivity index is 2.27. The summed E-state index contributed by atoms with van der Waals surface area (Å²) in [6.07, 6.45) is -4.89. The van der Waals surface area contributed by atoms with Crippen molar-refractivity contribution in [1.82, 2.24) is 4.90 Å². The maximum absolute atomic E-state index is 13.0. The van der Waals surface area contributed by atoms with E-state index in [4.69, 9.17) is 9.84 Å². The summed E-state index contributed by atoms with van der Waals surface area (Å²) in [4.78, 5) is 24.6. The molecule has 2 atom stereocenters. The van der Waals surface area contributed by atoms with Crippen molar-refractivity contribution in [2.45, 2.75) is 26.1 Å². The molecular formula is C16H18F3NO4. The molecule has 0 radical (unpaired) electrons. The number of carbonyl (C=O) groups is 2. The molecule has 2 rings (SSSR count). The quantitative estimate of drug-likeness (QED) is 0.911. The summed E-state index contributed by atoms with van der Waals surface area (Å²) in [5.41, 5.74) is 0.123. The minimum Gasteiger partial charge on any atom is -0.490 e. The number of amides is 1. The van der Waals surface area contributed by atoms with Gasteiger partial charge >= 0.3 is 12.1 Å². The summed E-state index contributed by atoms with van der Waals surface area (Å²) >= 11 is 0. The summed E-state index contributed by atoms with van der Waals surface area (Å²) in [7, 11) is 0. The molecule has 1 heterocycles. The monoisotopic (exact) mass is 345 g/mol. The zero-order chi connectivity index (χ0) is 18.1. The van der Waals surface area contributed by atoms with Gasteiger partial charge in [-0.1, -0.05) is 12.1 Å². The first-order chi connectivity index (χ1) is 11.1. The molecule has 8 heteroatoms. The molecule has 1 aliphatic heterocycles. The normalized spacial score (nSPS) is 21.2. The third kappa shape index (κ3) is 3.80. The second-order valence-electron chi connectivity index (χ2n) is 5.97. The lowest BCUT2D eigenvalue weighted by atomic mass is 9.96. The van der Waals surface area contributed by atoms with E-state index in [-0.39, 0.29) is 17.4 Å². The molecule has 0 saturated carbocycles. The Morgan fingerprint density at radius 3 is 2.38 bits per heavy atom. The minimum absolute atomic E-state index is 0.123. The molecule has 24 heavy (non-hydrogen) atoms. The molecule has 1 saturated heterocycles. The highest BCUT2D eigenvalue weighted by atomic mass is 19.4. The van der Waals surface area contributed by atoms with E-state index in [1.165, 1.54) is 6.07 Å². The van der Waals surface area contributed by atoms with Crippen LogP contribution in [0.25, 0.3) is 0 Å². The standard InChI is InChI=1S/C16H18F3NO4/c1-9(2)24-13-6-4-3-5-10(13)14(21)20-7-11(15(22)23)12(8-20)16(17,18)19/h3-6,9,11-12H,7-8H2,1-2H3,(H,22,23)/t11-,12-/m1/s1. The van der Waals surface area contributed by atoms with Crippen LogP contribution < -0.4 is 4.74 Å². The molecule has 5 nitrogen and oxygen atoms in total. The summed E-state index contributed by atoms with van der Waals surface area (Å²) in [6, 6.07) is 6.24. The molecule has 0 aromatic heterocycles.